The van der Waals surface area contributed by atoms with Crippen molar-refractivity contribution in [2.75, 3.05) is 0 Å². The summed E-state index contributed by atoms with van der Waals surface area (Å²) in [5, 5.41) is 0. The Balaban J connectivity index is 3.82. The number of allylic oxidation sites excluding steroid dienone is 2. The molecule has 0 bridgehead atoms. The van der Waals surface area contributed by atoms with Crippen LogP contribution >= 0.6 is 23.2 Å². The van der Waals surface area contributed by atoms with Gasteiger partial charge in [-0.3, -0.25) is 4.79 Å². The number of hydrogen-bond donors (Lipinski definition) is 0. The molecule has 0 aliphatic heterocycles. The van der Waals surface area contributed by atoms with Gasteiger partial charge in [0.25, 0.3) is 0 Å². The molecule has 0 aromatic rings. The normalized spacial score (nSPS) is 11.9. The van der Waals surface area contributed by atoms with Crippen LogP contribution in [0, 0.1) is 0 Å². The van der Waals surface area contributed by atoms with Crippen LogP contribution in [-0.4, -0.2) is 10.8 Å². The Morgan fingerprint density at radius 1 is 1.50 bits per heavy atom. The Hall–Kier alpha value is -0.210. The molecule has 0 aliphatic rings. The standard InChI is InChI=1S/C6H8Cl2O2/c1-4(3-6(7)8)10-5(2)9/h3,6H,1-2H3/b4-3+. The van der Waals surface area contributed by atoms with Gasteiger partial charge >= 0.3 is 5.97 Å². The molecule has 0 radical (unpaired) electrons. The fourth-order valence-corrected chi connectivity index (χ4v) is 0.793. The van der Waals surface area contributed by atoms with Gasteiger partial charge in [-0.05, 0) is 13.0 Å². The molecule has 0 atom stereocenters. The summed E-state index contributed by atoms with van der Waals surface area (Å²) >= 11 is 10.7. The molecule has 2 nitrogen and oxygen atoms in total. The fraction of sp³-hybridized carbons (Fsp3) is 0.500. The monoisotopic (exact) mass is 182 g/mol. The maximum atomic E-state index is 10.3. The first-order chi connectivity index (χ1) is 4.52. The molecule has 0 saturated heterocycles. The molecule has 10 heavy (non-hydrogen) atoms. The fourth-order valence-electron chi connectivity index (χ4n) is 0.438. The second kappa shape index (κ2) is 4.58. The summed E-state index contributed by atoms with van der Waals surface area (Å²) in [6.07, 6.45) is 1.44. The highest BCUT2D eigenvalue weighted by molar-refractivity contribution is 6.45. The van der Waals surface area contributed by atoms with Crippen LogP contribution in [0.4, 0.5) is 0 Å². The van der Waals surface area contributed by atoms with E-state index in [-0.39, 0.29) is 5.97 Å². The molecule has 0 aromatic heterocycles. The Bertz CT molecular complexity index is 152. The van der Waals surface area contributed by atoms with Gasteiger partial charge in [-0.25, -0.2) is 0 Å². The third-order valence-electron chi connectivity index (χ3n) is 0.665. The predicted octanol–water partition coefficient (Wildman–Crippen LogP) is 2.26. The van der Waals surface area contributed by atoms with Gasteiger partial charge in [0.2, 0.25) is 0 Å². The van der Waals surface area contributed by atoms with Crippen LogP contribution in [0.25, 0.3) is 0 Å². The van der Waals surface area contributed by atoms with E-state index in [4.69, 9.17) is 23.2 Å². The molecule has 0 heterocycles. The van der Waals surface area contributed by atoms with E-state index >= 15 is 0 Å². The van der Waals surface area contributed by atoms with Crippen molar-refractivity contribution in [1.82, 2.24) is 0 Å². The van der Waals surface area contributed by atoms with Gasteiger partial charge in [0.15, 0.2) is 0 Å². The molecule has 0 rings (SSSR count). The number of carbonyl (C=O) groups excluding carboxylic acids is 1. The van der Waals surface area contributed by atoms with Crippen LogP contribution in [-0.2, 0) is 9.53 Å². The summed E-state index contributed by atoms with van der Waals surface area (Å²) in [5.74, 6) is 0.0465. The number of esters is 1. The van der Waals surface area contributed by atoms with E-state index < -0.39 is 4.84 Å². The van der Waals surface area contributed by atoms with E-state index in [2.05, 4.69) is 4.74 Å². The molecule has 0 unspecified atom stereocenters. The summed E-state index contributed by atoms with van der Waals surface area (Å²) in [5.41, 5.74) is 0. The number of ether oxygens (including phenoxy) is 1. The lowest BCUT2D eigenvalue weighted by atomic mass is 10.5. The maximum Gasteiger partial charge on any atom is 0.307 e. The minimum atomic E-state index is -0.626. The molecule has 0 aliphatic carbocycles. The summed E-state index contributed by atoms with van der Waals surface area (Å²) < 4.78 is 4.61. The highest BCUT2D eigenvalue weighted by Crippen LogP contribution is 2.07. The zero-order valence-corrected chi connectivity index (χ0v) is 7.24. The number of halogens is 2. The molecule has 0 spiro atoms. The number of alkyl halides is 2. The first-order valence-electron chi connectivity index (χ1n) is 2.67. The molecule has 4 heteroatoms. The largest absolute Gasteiger partial charge is 0.432 e. The van der Waals surface area contributed by atoms with Crippen molar-refractivity contribution >= 4 is 29.2 Å². The summed E-state index contributed by atoms with van der Waals surface area (Å²) in [6.45, 7) is 2.92. The maximum absolute atomic E-state index is 10.3. The van der Waals surface area contributed by atoms with Crippen LogP contribution in [0.1, 0.15) is 13.8 Å². The number of rotatable bonds is 2. The van der Waals surface area contributed by atoms with Crippen molar-refractivity contribution in [3.8, 4) is 0 Å². The van der Waals surface area contributed by atoms with Crippen molar-refractivity contribution in [3.05, 3.63) is 11.8 Å². The van der Waals surface area contributed by atoms with Gasteiger partial charge in [0.1, 0.15) is 10.6 Å². The number of hydrogen-bond acceptors (Lipinski definition) is 2. The predicted molar refractivity (Wildman–Crippen MR) is 41.0 cm³/mol. The third-order valence-corrected chi connectivity index (χ3v) is 0.917. The van der Waals surface area contributed by atoms with Crippen LogP contribution in [0.3, 0.4) is 0 Å². The molecule has 0 N–H and O–H groups in total. The van der Waals surface area contributed by atoms with Gasteiger partial charge in [0, 0.05) is 6.92 Å². The molecule has 0 saturated carbocycles. The Kier molecular flexibility index (Phi) is 4.49. The van der Waals surface area contributed by atoms with E-state index in [9.17, 15) is 4.79 Å². The van der Waals surface area contributed by atoms with Gasteiger partial charge in [-0.1, -0.05) is 0 Å². The Labute approximate surface area is 69.8 Å². The highest BCUT2D eigenvalue weighted by Gasteiger charge is 1.97. The van der Waals surface area contributed by atoms with E-state index in [1.807, 2.05) is 0 Å². The van der Waals surface area contributed by atoms with Gasteiger partial charge < -0.3 is 4.74 Å². The van der Waals surface area contributed by atoms with E-state index in [1.54, 1.807) is 6.92 Å². The van der Waals surface area contributed by atoms with Gasteiger partial charge in [0.05, 0.1) is 0 Å². The quantitative estimate of drug-likeness (QED) is 0.372. The average molecular weight is 183 g/mol. The molecule has 0 amide bonds. The van der Waals surface area contributed by atoms with Crippen LogP contribution in [0.5, 0.6) is 0 Å². The van der Waals surface area contributed by atoms with Crippen molar-refractivity contribution in [2.45, 2.75) is 18.7 Å². The zero-order chi connectivity index (χ0) is 8.15. The first kappa shape index (κ1) is 9.79. The molecule has 58 valence electrons. The molecule has 0 fully saturated rings. The van der Waals surface area contributed by atoms with E-state index in [0.29, 0.717) is 5.76 Å². The van der Waals surface area contributed by atoms with E-state index in [1.165, 1.54) is 13.0 Å². The van der Waals surface area contributed by atoms with Crippen molar-refractivity contribution in [2.24, 2.45) is 0 Å². The topological polar surface area (TPSA) is 26.3 Å². The van der Waals surface area contributed by atoms with Gasteiger partial charge in [-0.15, -0.1) is 23.2 Å². The lowest BCUT2D eigenvalue weighted by Gasteiger charge is -1.99. The highest BCUT2D eigenvalue weighted by atomic mass is 35.5. The van der Waals surface area contributed by atoms with Gasteiger partial charge in [-0.2, -0.15) is 0 Å². The third kappa shape index (κ3) is 5.92. The lowest BCUT2D eigenvalue weighted by Crippen LogP contribution is -1.96. The Morgan fingerprint density at radius 2 is 2.00 bits per heavy atom. The van der Waals surface area contributed by atoms with E-state index in [0.717, 1.165) is 0 Å². The second-order valence-electron chi connectivity index (χ2n) is 1.71. The van der Waals surface area contributed by atoms with Crippen molar-refractivity contribution in [1.29, 1.82) is 0 Å². The molecule has 0 aromatic carbocycles. The first-order valence-corrected chi connectivity index (χ1v) is 3.54. The molecular formula is C6H8Cl2O2. The van der Waals surface area contributed by atoms with Crippen LogP contribution in [0.2, 0.25) is 0 Å². The smallest absolute Gasteiger partial charge is 0.307 e. The number of carbonyl (C=O) groups is 1. The second-order valence-corrected chi connectivity index (χ2v) is 2.87. The van der Waals surface area contributed by atoms with Crippen molar-refractivity contribution in [3.63, 3.8) is 0 Å². The summed E-state index contributed by atoms with van der Waals surface area (Å²) in [6, 6.07) is 0. The zero-order valence-electron chi connectivity index (χ0n) is 5.73. The Morgan fingerprint density at radius 3 is 2.30 bits per heavy atom. The average Bonchev–Trinajstić information content (AvgIpc) is 1.58. The minimum absolute atomic E-state index is 0.372. The van der Waals surface area contributed by atoms with Crippen LogP contribution in [0.15, 0.2) is 11.8 Å². The van der Waals surface area contributed by atoms with Crippen LogP contribution < -0.4 is 0 Å². The summed E-state index contributed by atoms with van der Waals surface area (Å²) in [4.78, 5) is 9.66. The lowest BCUT2D eigenvalue weighted by molar-refractivity contribution is -0.136. The molecular weight excluding hydrogens is 175 g/mol. The summed E-state index contributed by atoms with van der Waals surface area (Å²) in [7, 11) is 0. The SMILES string of the molecule is CC(=O)O/C(C)=C/C(Cl)Cl. The minimum Gasteiger partial charge on any atom is -0.432 e. The van der Waals surface area contributed by atoms with Crippen molar-refractivity contribution < 1.29 is 9.53 Å².